The van der Waals surface area contributed by atoms with Crippen LogP contribution in [0.3, 0.4) is 0 Å². The van der Waals surface area contributed by atoms with E-state index in [0.29, 0.717) is 0 Å². The Morgan fingerprint density at radius 3 is 2.76 bits per heavy atom. The first-order valence-electron chi connectivity index (χ1n) is 7.84. The van der Waals surface area contributed by atoms with Crippen molar-refractivity contribution in [1.82, 2.24) is 14.9 Å². The standard InChI is InChI=1S/C16H27N3O2/c1-12(18-15(20)21-16(2,3)4)14-9-17-11-19(14)10-13-7-5-6-8-13/h9,11-13H,5-8,10H2,1-4H3,(H,18,20)/t12-/m1/s1. The summed E-state index contributed by atoms with van der Waals surface area (Å²) in [6.07, 6.45) is 8.57. The van der Waals surface area contributed by atoms with E-state index in [9.17, 15) is 4.79 Å². The van der Waals surface area contributed by atoms with Gasteiger partial charge in [-0.25, -0.2) is 9.78 Å². The topological polar surface area (TPSA) is 56.1 Å². The predicted octanol–water partition coefficient (Wildman–Crippen LogP) is 3.66. The van der Waals surface area contributed by atoms with Crippen LogP contribution in [0.1, 0.15) is 65.1 Å². The molecule has 1 atom stereocenters. The summed E-state index contributed by atoms with van der Waals surface area (Å²) in [6.45, 7) is 8.55. The van der Waals surface area contributed by atoms with Crippen molar-refractivity contribution in [1.29, 1.82) is 0 Å². The Morgan fingerprint density at radius 2 is 2.14 bits per heavy atom. The summed E-state index contributed by atoms with van der Waals surface area (Å²) in [5, 5.41) is 2.88. The van der Waals surface area contributed by atoms with Gasteiger partial charge in [-0.1, -0.05) is 12.8 Å². The molecule has 1 saturated carbocycles. The molecule has 118 valence electrons. The number of carbonyl (C=O) groups is 1. The molecule has 1 amide bonds. The lowest BCUT2D eigenvalue weighted by Crippen LogP contribution is -2.34. The number of aromatic nitrogens is 2. The number of nitrogens with one attached hydrogen (secondary N) is 1. The Labute approximate surface area is 127 Å². The molecule has 5 nitrogen and oxygen atoms in total. The van der Waals surface area contributed by atoms with Crippen molar-refractivity contribution in [3.63, 3.8) is 0 Å². The van der Waals surface area contributed by atoms with Crippen LogP contribution in [0.5, 0.6) is 0 Å². The van der Waals surface area contributed by atoms with Crippen LogP contribution in [0.4, 0.5) is 4.79 Å². The lowest BCUT2D eigenvalue weighted by atomic mass is 10.1. The lowest BCUT2D eigenvalue weighted by molar-refractivity contribution is 0.0506. The van der Waals surface area contributed by atoms with Gasteiger partial charge in [0.2, 0.25) is 0 Å². The Hall–Kier alpha value is -1.52. The molecule has 0 bridgehead atoms. The number of imidazole rings is 1. The van der Waals surface area contributed by atoms with E-state index < -0.39 is 5.60 Å². The van der Waals surface area contributed by atoms with Crippen molar-refractivity contribution in [3.05, 3.63) is 18.2 Å². The molecule has 0 spiro atoms. The fourth-order valence-corrected chi connectivity index (χ4v) is 2.87. The maximum absolute atomic E-state index is 11.9. The van der Waals surface area contributed by atoms with Crippen LogP contribution in [0.2, 0.25) is 0 Å². The van der Waals surface area contributed by atoms with Crippen molar-refractivity contribution in [2.75, 3.05) is 0 Å². The molecule has 0 saturated heterocycles. The molecule has 2 rings (SSSR count). The molecule has 1 fully saturated rings. The van der Waals surface area contributed by atoms with E-state index in [1.54, 1.807) is 0 Å². The zero-order chi connectivity index (χ0) is 15.5. The highest BCUT2D eigenvalue weighted by molar-refractivity contribution is 5.68. The van der Waals surface area contributed by atoms with E-state index in [1.165, 1.54) is 25.7 Å². The Balaban J connectivity index is 1.94. The predicted molar refractivity (Wildman–Crippen MR) is 82.0 cm³/mol. The maximum Gasteiger partial charge on any atom is 0.408 e. The molecular formula is C16H27N3O2. The van der Waals surface area contributed by atoms with E-state index in [2.05, 4.69) is 14.9 Å². The van der Waals surface area contributed by atoms with Gasteiger partial charge in [0.25, 0.3) is 0 Å². The van der Waals surface area contributed by atoms with Crippen LogP contribution in [0.25, 0.3) is 0 Å². The lowest BCUT2D eigenvalue weighted by Gasteiger charge is -2.23. The van der Waals surface area contributed by atoms with Crippen LogP contribution in [0, 0.1) is 5.92 Å². The van der Waals surface area contributed by atoms with E-state index in [0.717, 1.165) is 18.2 Å². The minimum Gasteiger partial charge on any atom is -0.444 e. The van der Waals surface area contributed by atoms with Gasteiger partial charge in [0.15, 0.2) is 0 Å². The molecule has 0 aromatic carbocycles. The van der Waals surface area contributed by atoms with Crippen molar-refractivity contribution in [2.24, 2.45) is 5.92 Å². The van der Waals surface area contributed by atoms with Crippen molar-refractivity contribution < 1.29 is 9.53 Å². The first-order chi connectivity index (χ1) is 9.85. The van der Waals surface area contributed by atoms with E-state index in [-0.39, 0.29) is 12.1 Å². The summed E-state index contributed by atoms with van der Waals surface area (Å²) in [4.78, 5) is 16.1. The summed E-state index contributed by atoms with van der Waals surface area (Å²) in [5.41, 5.74) is 0.557. The fourth-order valence-electron chi connectivity index (χ4n) is 2.87. The molecule has 1 heterocycles. The molecule has 0 aliphatic heterocycles. The second-order valence-corrected chi connectivity index (χ2v) is 6.99. The van der Waals surface area contributed by atoms with Crippen molar-refractivity contribution >= 4 is 6.09 Å². The number of rotatable bonds is 4. The summed E-state index contributed by atoms with van der Waals surface area (Å²) in [6, 6.07) is -0.108. The second kappa shape index (κ2) is 6.50. The quantitative estimate of drug-likeness (QED) is 0.921. The molecule has 1 aromatic heterocycles. The molecule has 1 aliphatic rings. The van der Waals surface area contributed by atoms with E-state index in [4.69, 9.17) is 4.74 Å². The van der Waals surface area contributed by atoms with Crippen molar-refractivity contribution in [2.45, 2.75) is 71.6 Å². The van der Waals surface area contributed by atoms with E-state index >= 15 is 0 Å². The van der Waals surface area contributed by atoms with Crippen LogP contribution < -0.4 is 5.32 Å². The SMILES string of the molecule is C[C@@H](NC(=O)OC(C)(C)C)c1cncn1CC1CCCC1. The zero-order valence-corrected chi connectivity index (χ0v) is 13.6. The highest BCUT2D eigenvalue weighted by Crippen LogP contribution is 2.27. The van der Waals surface area contributed by atoms with Gasteiger partial charge < -0.3 is 14.6 Å². The van der Waals surface area contributed by atoms with Gasteiger partial charge in [-0.05, 0) is 46.5 Å². The number of amides is 1. The smallest absolute Gasteiger partial charge is 0.408 e. The summed E-state index contributed by atoms with van der Waals surface area (Å²) in [7, 11) is 0. The minimum atomic E-state index is -0.478. The molecule has 1 aromatic rings. The van der Waals surface area contributed by atoms with Gasteiger partial charge in [0.1, 0.15) is 5.60 Å². The molecule has 1 aliphatic carbocycles. The molecule has 0 radical (unpaired) electrons. The van der Waals surface area contributed by atoms with Gasteiger partial charge in [0, 0.05) is 6.54 Å². The first kappa shape index (κ1) is 15.9. The highest BCUT2D eigenvalue weighted by atomic mass is 16.6. The highest BCUT2D eigenvalue weighted by Gasteiger charge is 2.21. The molecule has 21 heavy (non-hydrogen) atoms. The van der Waals surface area contributed by atoms with Gasteiger partial charge in [0.05, 0.1) is 24.3 Å². The largest absolute Gasteiger partial charge is 0.444 e. The molecular weight excluding hydrogens is 266 g/mol. The van der Waals surface area contributed by atoms with Crippen LogP contribution >= 0.6 is 0 Å². The van der Waals surface area contributed by atoms with E-state index in [1.807, 2.05) is 40.2 Å². The zero-order valence-electron chi connectivity index (χ0n) is 13.6. The average Bonchev–Trinajstić information content (AvgIpc) is 2.97. The Kier molecular flexibility index (Phi) is 4.91. The molecule has 0 unspecified atom stereocenters. The fraction of sp³-hybridized carbons (Fsp3) is 0.750. The van der Waals surface area contributed by atoms with Crippen LogP contribution in [-0.4, -0.2) is 21.2 Å². The molecule has 1 N–H and O–H groups in total. The summed E-state index contributed by atoms with van der Waals surface area (Å²) >= 11 is 0. The van der Waals surface area contributed by atoms with Gasteiger partial charge in [-0.3, -0.25) is 0 Å². The third kappa shape index (κ3) is 4.76. The minimum absolute atomic E-state index is 0.108. The maximum atomic E-state index is 11.9. The second-order valence-electron chi connectivity index (χ2n) is 6.99. The average molecular weight is 293 g/mol. The van der Waals surface area contributed by atoms with Crippen molar-refractivity contribution in [3.8, 4) is 0 Å². The Bertz CT molecular complexity index is 470. The number of hydrogen-bond donors (Lipinski definition) is 1. The van der Waals surface area contributed by atoms with Gasteiger partial charge >= 0.3 is 6.09 Å². The van der Waals surface area contributed by atoms with Gasteiger partial charge in [-0.2, -0.15) is 0 Å². The van der Waals surface area contributed by atoms with Crippen LogP contribution in [0.15, 0.2) is 12.5 Å². The molecule has 5 heteroatoms. The third-order valence-corrected chi connectivity index (χ3v) is 3.85. The third-order valence-electron chi connectivity index (χ3n) is 3.85. The number of carbonyl (C=O) groups excluding carboxylic acids is 1. The number of ether oxygens (including phenoxy) is 1. The van der Waals surface area contributed by atoms with Crippen LogP contribution in [-0.2, 0) is 11.3 Å². The van der Waals surface area contributed by atoms with Gasteiger partial charge in [-0.15, -0.1) is 0 Å². The Morgan fingerprint density at radius 1 is 1.48 bits per heavy atom. The summed E-state index contributed by atoms with van der Waals surface area (Å²) in [5.74, 6) is 0.742. The normalized spacial score (nSPS) is 17.7. The first-order valence-corrected chi connectivity index (χ1v) is 7.84. The number of alkyl carbamates (subject to hydrolysis) is 1. The monoisotopic (exact) mass is 293 g/mol. The summed E-state index contributed by atoms with van der Waals surface area (Å²) < 4.78 is 7.46. The number of nitrogens with zero attached hydrogens (tertiary/aromatic N) is 2. The number of hydrogen-bond acceptors (Lipinski definition) is 3.